The lowest BCUT2D eigenvalue weighted by Crippen LogP contribution is -2.31. The number of amides is 1. The maximum absolute atomic E-state index is 13.7. The van der Waals surface area contributed by atoms with Gasteiger partial charge < -0.3 is 5.32 Å². The van der Waals surface area contributed by atoms with E-state index in [0.29, 0.717) is 5.02 Å². The molecule has 0 fully saturated rings. The van der Waals surface area contributed by atoms with Crippen LogP contribution in [0, 0.1) is 5.82 Å². The Morgan fingerprint density at radius 3 is 2.90 bits per heavy atom. The highest BCUT2D eigenvalue weighted by Gasteiger charge is 2.23. The summed E-state index contributed by atoms with van der Waals surface area (Å²) in [6, 6.07) is 11.5. The standard InChI is InChI=1S/C16H13ClFNOS/c17-10-5-6-15-12(9-10)14(7-8-21-15)19-16(20)11-3-1-2-4-13(11)18/h1-6,9,14H,7-8H2,(H,19,20)/t14-/m1/s1. The van der Waals surface area contributed by atoms with Crippen LogP contribution in [0.4, 0.5) is 4.39 Å². The van der Waals surface area contributed by atoms with E-state index in [1.165, 1.54) is 12.1 Å². The molecule has 2 aromatic carbocycles. The topological polar surface area (TPSA) is 29.1 Å². The molecule has 21 heavy (non-hydrogen) atoms. The molecule has 0 spiro atoms. The molecule has 1 aliphatic rings. The number of hydrogen-bond acceptors (Lipinski definition) is 2. The molecule has 1 heterocycles. The highest BCUT2D eigenvalue weighted by Crippen LogP contribution is 2.37. The minimum atomic E-state index is -0.508. The lowest BCUT2D eigenvalue weighted by Gasteiger charge is -2.26. The van der Waals surface area contributed by atoms with E-state index in [9.17, 15) is 9.18 Å². The quantitative estimate of drug-likeness (QED) is 0.885. The second-order valence-electron chi connectivity index (χ2n) is 4.83. The number of rotatable bonds is 2. The van der Waals surface area contributed by atoms with E-state index in [4.69, 9.17) is 11.6 Å². The van der Waals surface area contributed by atoms with E-state index < -0.39 is 11.7 Å². The third kappa shape index (κ3) is 3.06. The van der Waals surface area contributed by atoms with Crippen molar-refractivity contribution in [1.82, 2.24) is 5.32 Å². The first-order valence-corrected chi connectivity index (χ1v) is 7.99. The number of hydrogen-bond donors (Lipinski definition) is 1. The van der Waals surface area contributed by atoms with Crippen LogP contribution in [0.2, 0.25) is 5.02 Å². The average Bonchev–Trinajstić information content (AvgIpc) is 2.48. The Hall–Kier alpha value is -1.52. The summed E-state index contributed by atoms with van der Waals surface area (Å²) in [4.78, 5) is 13.4. The van der Waals surface area contributed by atoms with E-state index in [0.717, 1.165) is 22.6 Å². The molecule has 5 heteroatoms. The van der Waals surface area contributed by atoms with Gasteiger partial charge in [-0.1, -0.05) is 23.7 Å². The smallest absolute Gasteiger partial charge is 0.254 e. The molecule has 3 rings (SSSR count). The van der Waals surface area contributed by atoms with Crippen LogP contribution in [-0.4, -0.2) is 11.7 Å². The first-order valence-electron chi connectivity index (χ1n) is 6.63. The number of halogens is 2. The Kier molecular flexibility index (Phi) is 4.17. The molecule has 0 saturated heterocycles. The minimum absolute atomic E-state index is 0.0688. The number of benzene rings is 2. The van der Waals surface area contributed by atoms with Crippen LogP contribution in [-0.2, 0) is 0 Å². The monoisotopic (exact) mass is 321 g/mol. The molecule has 2 aromatic rings. The van der Waals surface area contributed by atoms with Crippen LogP contribution in [0.5, 0.6) is 0 Å². The second kappa shape index (κ2) is 6.08. The summed E-state index contributed by atoms with van der Waals surface area (Å²) in [5.41, 5.74) is 1.07. The number of thioether (sulfide) groups is 1. The third-order valence-electron chi connectivity index (χ3n) is 3.44. The van der Waals surface area contributed by atoms with Crippen molar-refractivity contribution in [3.63, 3.8) is 0 Å². The van der Waals surface area contributed by atoms with Crippen molar-refractivity contribution >= 4 is 29.3 Å². The first kappa shape index (κ1) is 14.4. The summed E-state index contributed by atoms with van der Waals surface area (Å²) in [5, 5.41) is 3.55. The zero-order chi connectivity index (χ0) is 14.8. The van der Waals surface area contributed by atoms with Crippen LogP contribution in [0.3, 0.4) is 0 Å². The highest BCUT2D eigenvalue weighted by atomic mass is 35.5. The van der Waals surface area contributed by atoms with E-state index in [1.807, 2.05) is 18.2 Å². The number of carbonyl (C=O) groups is 1. The average molecular weight is 322 g/mol. The summed E-state index contributed by atoms with van der Waals surface area (Å²) in [6.45, 7) is 0. The van der Waals surface area contributed by atoms with Gasteiger partial charge in [-0.15, -0.1) is 11.8 Å². The lowest BCUT2D eigenvalue weighted by molar-refractivity contribution is 0.0931. The first-order chi connectivity index (χ1) is 10.1. The van der Waals surface area contributed by atoms with Gasteiger partial charge in [-0.2, -0.15) is 0 Å². The van der Waals surface area contributed by atoms with Crippen molar-refractivity contribution < 1.29 is 9.18 Å². The normalized spacial score (nSPS) is 17.1. The molecule has 1 aliphatic heterocycles. The predicted octanol–water partition coefficient (Wildman–Crippen LogP) is 4.45. The van der Waals surface area contributed by atoms with Crippen molar-refractivity contribution in [2.24, 2.45) is 0 Å². The Labute approximate surface area is 131 Å². The van der Waals surface area contributed by atoms with Crippen LogP contribution in [0.15, 0.2) is 47.4 Å². The Balaban J connectivity index is 1.85. The van der Waals surface area contributed by atoms with Gasteiger partial charge in [-0.3, -0.25) is 4.79 Å². The fourth-order valence-electron chi connectivity index (χ4n) is 2.40. The van der Waals surface area contributed by atoms with Gasteiger partial charge in [-0.25, -0.2) is 4.39 Å². The summed E-state index contributed by atoms with van der Waals surface area (Å²) in [5.74, 6) is 0.0130. The number of nitrogens with one attached hydrogen (secondary N) is 1. The van der Waals surface area contributed by atoms with Crippen LogP contribution < -0.4 is 5.32 Å². The van der Waals surface area contributed by atoms with Crippen LogP contribution in [0.25, 0.3) is 0 Å². The molecule has 0 unspecified atom stereocenters. The zero-order valence-electron chi connectivity index (χ0n) is 11.1. The molecule has 2 nitrogen and oxygen atoms in total. The zero-order valence-corrected chi connectivity index (χ0v) is 12.7. The molecule has 108 valence electrons. The number of carbonyl (C=O) groups excluding carboxylic acids is 1. The SMILES string of the molecule is O=C(N[C@@H]1CCSc2ccc(Cl)cc21)c1ccccc1F. The van der Waals surface area contributed by atoms with Crippen molar-refractivity contribution in [3.8, 4) is 0 Å². The fraction of sp³-hybridized carbons (Fsp3) is 0.188. The van der Waals surface area contributed by atoms with Crippen molar-refractivity contribution in [2.75, 3.05) is 5.75 Å². The van der Waals surface area contributed by atoms with Gasteiger partial charge in [-0.05, 0) is 42.3 Å². The van der Waals surface area contributed by atoms with Crippen LogP contribution in [0.1, 0.15) is 28.4 Å². The predicted molar refractivity (Wildman–Crippen MR) is 83.4 cm³/mol. The maximum Gasteiger partial charge on any atom is 0.254 e. The molecule has 0 saturated carbocycles. The Morgan fingerprint density at radius 2 is 2.10 bits per heavy atom. The molecule has 1 atom stereocenters. The van der Waals surface area contributed by atoms with Gasteiger partial charge in [0.05, 0.1) is 11.6 Å². The third-order valence-corrected chi connectivity index (χ3v) is 4.79. The molecular weight excluding hydrogens is 309 g/mol. The molecular formula is C16H13ClFNOS. The van der Waals surface area contributed by atoms with Gasteiger partial charge in [0, 0.05) is 15.7 Å². The summed E-state index contributed by atoms with van der Waals surface area (Å²) < 4.78 is 13.7. The molecule has 0 bridgehead atoms. The van der Waals surface area contributed by atoms with Gasteiger partial charge in [0.1, 0.15) is 5.82 Å². The lowest BCUT2D eigenvalue weighted by atomic mass is 10.0. The maximum atomic E-state index is 13.7. The van der Waals surface area contributed by atoms with Crippen molar-refractivity contribution in [2.45, 2.75) is 17.4 Å². The van der Waals surface area contributed by atoms with Crippen molar-refractivity contribution in [3.05, 3.63) is 64.4 Å². The Bertz CT molecular complexity index is 692. The van der Waals surface area contributed by atoms with Gasteiger partial charge >= 0.3 is 0 Å². The number of fused-ring (bicyclic) bond motifs is 1. The van der Waals surface area contributed by atoms with Gasteiger partial charge in [0.25, 0.3) is 5.91 Å². The molecule has 0 aromatic heterocycles. The molecule has 1 N–H and O–H groups in total. The summed E-state index contributed by atoms with van der Waals surface area (Å²) >= 11 is 7.78. The minimum Gasteiger partial charge on any atom is -0.345 e. The molecule has 0 aliphatic carbocycles. The molecule has 1 amide bonds. The largest absolute Gasteiger partial charge is 0.345 e. The van der Waals surface area contributed by atoms with E-state index in [1.54, 1.807) is 23.9 Å². The molecule has 0 radical (unpaired) electrons. The van der Waals surface area contributed by atoms with E-state index in [2.05, 4.69) is 5.32 Å². The van der Waals surface area contributed by atoms with Crippen LogP contribution >= 0.6 is 23.4 Å². The van der Waals surface area contributed by atoms with Gasteiger partial charge in [0.15, 0.2) is 0 Å². The summed E-state index contributed by atoms with van der Waals surface area (Å²) in [6.07, 6.45) is 0.804. The fourth-order valence-corrected chi connectivity index (χ4v) is 3.68. The highest BCUT2D eigenvalue weighted by molar-refractivity contribution is 7.99. The van der Waals surface area contributed by atoms with E-state index in [-0.39, 0.29) is 11.6 Å². The van der Waals surface area contributed by atoms with Crippen molar-refractivity contribution in [1.29, 1.82) is 0 Å². The second-order valence-corrected chi connectivity index (χ2v) is 6.40. The van der Waals surface area contributed by atoms with E-state index >= 15 is 0 Å². The van der Waals surface area contributed by atoms with Gasteiger partial charge in [0.2, 0.25) is 0 Å². The Morgan fingerprint density at radius 1 is 1.29 bits per heavy atom. The summed E-state index contributed by atoms with van der Waals surface area (Å²) in [7, 11) is 0.